The van der Waals surface area contributed by atoms with E-state index < -0.39 is 0 Å². The van der Waals surface area contributed by atoms with E-state index in [2.05, 4.69) is 5.32 Å². The predicted octanol–water partition coefficient (Wildman–Crippen LogP) is 4.01. The van der Waals surface area contributed by atoms with Crippen LogP contribution >= 0.6 is 0 Å². The summed E-state index contributed by atoms with van der Waals surface area (Å²) >= 11 is 0. The van der Waals surface area contributed by atoms with Crippen LogP contribution < -0.4 is 5.32 Å². The zero-order valence-corrected chi connectivity index (χ0v) is 13.6. The van der Waals surface area contributed by atoms with Crippen molar-refractivity contribution in [2.45, 2.75) is 58.9 Å². The average Bonchev–Trinajstić information content (AvgIpc) is 2.81. The molecule has 0 bridgehead atoms. The van der Waals surface area contributed by atoms with Gasteiger partial charge in [-0.3, -0.25) is 0 Å². The van der Waals surface area contributed by atoms with Crippen molar-refractivity contribution < 1.29 is 9.21 Å². The Morgan fingerprint density at radius 1 is 1.33 bits per heavy atom. The molecule has 2 amide bonds. The van der Waals surface area contributed by atoms with Crippen LogP contribution in [0.4, 0.5) is 4.79 Å². The topological polar surface area (TPSA) is 45.5 Å². The van der Waals surface area contributed by atoms with Crippen LogP contribution in [0.5, 0.6) is 0 Å². The first-order chi connectivity index (χ1) is 10.1. The molecule has 1 aliphatic rings. The molecule has 1 heterocycles. The van der Waals surface area contributed by atoms with E-state index in [1.165, 1.54) is 32.1 Å². The summed E-state index contributed by atoms with van der Waals surface area (Å²) in [4.78, 5) is 13.9. The van der Waals surface area contributed by atoms with Gasteiger partial charge in [0.2, 0.25) is 0 Å². The molecule has 0 saturated heterocycles. The van der Waals surface area contributed by atoms with E-state index in [4.69, 9.17) is 4.42 Å². The molecule has 4 heteroatoms. The normalized spacial score (nSPS) is 16.0. The summed E-state index contributed by atoms with van der Waals surface area (Å²) in [5.41, 5.74) is 1.06. The van der Waals surface area contributed by atoms with Gasteiger partial charge in [-0.15, -0.1) is 0 Å². The zero-order chi connectivity index (χ0) is 15.2. The van der Waals surface area contributed by atoms with E-state index in [-0.39, 0.29) is 6.03 Å². The number of carbonyl (C=O) groups is 1. The predicted molar refractivity (Wildman–Crippen MR) is 84.2 cm³/mol. The molecule has 1 N–H and O–H groups in total. The number of nitrogens with zero attached hydrogens (tertiary/aromatic N) is 1. The second-order valence-corrected chi connectivity index (χ2v) is 6.31. The van der Waals surface area contributed by atoms with Crippen molar-refractivity contribution in [2.75, 3.05) is 13.6 Å². The lowest BCUT2D eigenvalue weighted by molar-refractivity contribution is 0.201. The van der Waals surface area contributed by atoms with E-state index >= 15 is 0 Å². The maximum atomic E-state index is 12.1. The number of amides is 2. The van der Waals surface area contributed by atoms with Gasteiger partial charge in [-0.25, -0.2) is 4.79 Å². The molecule has 1 aromatic rings. The molecule has 21 heavy (non-hydrogen) atoms. The molecule has 0 atom stereocenters. The van der Waals surface area contributed by atoms with E-state index in [0.29, 0.717) is 6.54 Å². The maximum Gasteiger partial charge on any atom is 0.317 e. The highest BCUT2D eigenvalue weighted by Crippen LogP contribution is 2.26. The molecule has 1 aliphatic carbocycles. The highest BCUT2D eigenvalue weighted by Gasteiger charge is 2.16. The number of rotatable bonds is 5. The quantitative estimate of drug-likeness (QED) is 0.891. The average molecular weight is 292 g/mol. The van der Waals surface area contributed by atoms with Gasteiger partial charge in [0.05, 0.1) is 0 Å². The molecule has 0 radical (unpaired) electrons. The Morgan fingerprint density at radius 3 is 2.67 bits per heavy atom. The number of aryl methyl sites for hydroxylation is 2. The van der Waals surface area contributed by atoms with Crippen molar-refractivity contribution in [3.05, 3.63) is 23.2 Å². The van der Waals surface area contributed by atoms with Crippen molar-refractivity contribution in [1.82, 2.24) is 10.2 Å². The minimum Gasteiger partial charge on any atom is -0.466 e. The molecule has 0 aliphatic heterocycles. The van der Waals surface area contributed by atoms with Crippen LogP contribution in [-0.4, -0.2) is 24.5 Å². The Balaban J connectivity index is 1.70. The number of furan rings is 1. The van der Waals surface area contributed by atoms with E-state index in [9.17, 15) is 4.79 Å². The first-order valence-electron chi connectivity index (χ1n) is 8.11. The van der Waals surface area contributed by atoms with Gasteiger partial charge >= 0.3 is 6.03 Å². The van der Waals surface area contributed by atoms with Crippen molar-refractivity contribution in [3.63, 3.8) is 0 Å². The zero-order valence-electron chi connectivity index (χ0n) is 13.6. The monoisotopic (exact) mass is 292 g/mol. The SMILES string of the molecule is Cc1cc(CNC(=O)N(C)CCC2CCCCC2)c(C)o1. The molecule has 1 aromatic heterocycles. The summed E-state index contributed by atoms with van der Waals surface area (Å²) in [6, 6.07) is 1.99. The highest BCUT2D eigenvalue weighted by molar-refractivity contribution is 5.73. The summed E-state index contributed by atoms with van der Waals surface area (Å²) in [6.07, 6.45) is 7.91. The van der Waals surface area contributed by atoms with Gasteiger partial charge in [-0.2, -0.15) is 0 Å². The second-order valence-electron chi connectivity index (χ2n) is 6.31. The van der Waals surface area contributed by atoms with Crippen LogP contribution in [0.25, 0.3) is 0 Å². The number of nitrogens with one attached hydrogen (secondary N) is 1. The number of carbonyl (C=O) groups excluding carboxylic acids is 1. The third-order valence-corrected chi connectivity index (χ3v) is 4.52. The van der Waals surface area contributed by atoms with Crippen LogP contribution in [0.15, 0.2) is 10.5 Å². The molecule has 0 aromatic carbocycles. The van der Waals surface area contributed by atoms with Crippen molar-refractivity contribution in [1.29, 1.82) is 0 Å². The van der Waals surface area contributed by atoms with Crippen molar-refractivity contribution >= 4 is 6.03 Å². The van der Waals surface area contributed by atoms with Gasteiger partial charge in [0.25, 0.3) is 0 Å². The van der Waals surface area contributed by atoms with Gasteiger partial charge in [-0.1, -0.05) is 32.1 Å². The molecule has 0 unspecified atom stereocenters. The van der Waals surface area contributed by atoms with Gasteiger partial charge in [-0.05, 0) is 32.3 Å². The fraction of sp³-hybridized carbons (Fsp3) is 0.706. The highest BCUT2D eigenvalue weighted by atomic mass is 16.3. The lowest BCUT2D eigenvalue weighted by atomic mass is 9.87. The molecular weight excluding hydrogens is 264 g/mol. The molecular formula is C17H28N2O2. The number of hydrogen-bond donors (Lipinski definition) is 1. The standard InChI is InChI=1S/C17H28N2O2/c1-13-11-16(14(2)21-13)12-18-17(20)19(3)10-9-15-7-5-4-6-8-15/h11,15H,4-10,12H2,1-3H3,(H,18,20). The Kier molecular flexibility index (Phi) is 5.71. The lowest BCUT2D eigenvalue weighted by Gasteiger charge is -2.24. The third kappa shape index (κ3) is 4.80. The lowest BCUT2D eigenvalue weighted by Crippen LogP contribution is -2.38. The Morgan fingerprint density at radius 2 is 2.05 bits per heavy atom. The minimum absolute atomic E-state index is 0.00376. The minimum atomic E-state index is 0.00376. The van der Waals surface area contributed by atoms with Crippen molar-refractivity contribution in [3.8, 4) is 0 Å². The molecule has 118 valence electrons. The summed E-state index contributed by atoms with van der Waals surface area (Å²) < 4.78 is 5.47. The van der Waals surface area contributed by atoms with Crippen LogP contribution in [0.1, 0.15) is 55.6 Å². The molecule has 1 fully saturated rings. The number of hydrogen-bond acceptors (Lipinski definition) is 2. The number of urea groups is 1. The Bertz CT molecular complexity index is 461. The van der Waals surface area contributed by atoms with Crippen LogP contribution in [0.3, 0.4) is 0 Å². The van der Waals surface area contributed by atoms with Crippen LogP contribution in [0, 0.1) is 19.8 Å². The summed E-state index contributed by atoms with van der Waals surface area (Å²) in [6.45, 7) is 5.24. The van der Waals surface area contributed by atoms with Gasteiger partial charge < -0.3 is 14.6 Å². The van der Waals surface area contributed by atoms with Gasteiger partial charge in [0.1, 0.15) is 11.5 Å². The fourth-order valence-corrected chi connectivity index (χ4v) is 3.12. The largest absolute Gasteiger partial charge is 0.466 e. The smallest absolute Gasteiger partial charge is 0.317 e. The Labute approximate surface area is 127 Å². The first kappa shape index (κ1) is 15.9. The second kappa shape index (κ2) is 7.53. The summed E-state index contributed by atoms with van der Waals surface area (Å²) in [5, 5.41) is 2.97. The summed E-state index contributed by atoms with van der Waals surface area (Å²) in [5.74, 6) is 2.59. The van der Waals surface area contributed by atoms with Crippen molar-refractivity contribution in [2.24, 2.45) is 5.92 Å². The van der Waals surface area contributed by atoms with Gasteiger partial charge in [0.15, 0.2) is 0 Å². The summed E-state index contributed by atoms with van der Waals surface area (Å²) in [7, 11) is 1.88. The molecule has 0 spiro atoms. The fourth-order valence-electron chi connectivity index (χ4n) is 3.12. The molecule has 1 saturated carbocycles. The first-order valence-corrected chi connectivity index (χ1v) is 8.11. The Hall–Kier alpha value is -1.45. The van der Waals surface area contributed by atoms with Crippen LogP contribution in [0.2, 0.25) is 0 Å². The van der Waals surface area contributed by atoms with E-state index in [0.717, 1.165) is 36.0 Å². The van der Waals surface area contributed by atoms with Crippen LogP contribution in [-0.2, 0) is 6.54 Å². The molecule has 2 rings (SSSR count). The van der Waals surface area contributed by atoms with E-state index in [1.807, 2.05) is 27.0 Å². The van der Waals surface area contributed by atoms with Gasteiger partial charge in [0, 0.05) is 25.7 Å². The maximum absolute atomic E-state index is 12.1. The molecule has 4 nitrogen and oxygen atoms in total. The van der Waals surface area contributed by atoms with E-state index in [1.54, 1.807) is 4.90 Å². The third-order valence-electron chi connectivity index (χ3n) is 4.52.